The maximum Gasteiger partial charge on any atom is 0.340 e. The molecule has 0 saturated heterocycles. The number of hydrogen-bond donors (Lipinski definition) is 0. The average molecular weight is 307 g/mol. The van der Waals surface area contributed by atoms with Crippen LogP contribution in [0.4, 0.5) is 14.5 Å². The first kappa shape index (κ1) is 16.4. The van der Waals surface area contributed by atoms with Gasteiger partial charge in [0.05, 0.1) is 18.4 Å². The van der Waals surface area contributed by atoms with Gasteiger partial charge in [-0.3, -0.25) is 4.31 Å². The number of hydrogen-bond acceptors (Lipinski definition) is 4. The molecule has 0 radical (unpaired) electrons. The van der Waals surface area contributed by atoms with Crippen molar-refractivity contribution in [1.29, 1.82) is 0 Å². The van der Waals surface area contributed by atoms with E-state index in [9.17, 15) is 22.0 Å². The zero-order chi connectivity index (χ0) is 15.5. The van der Waals surface area contributed by atoms with Crippen molar-refractivity contribution in [3.63, 3.8) is 0 Å². The van der Waals surface area contributed by atoms with Gasteiger partial charge in [-0.2, -0.15) is 0 Å². The third kappa shape index (κ3) is 3.24. The number of ether oxygens (including phenoxy) is 1. The van der Waals surface area contributed by atoms with Crippen molar-refractivity contribution in [1.82, 2.24) is 0 Å². The van der Waals surface area contributed by atoms with Gasteiger partial charge >= 0.3 is 5.97 Å². The normalized spacial score (nSPS) is 11.2. The molecule has 0 unspecified atom stereocenters. The Morgan fingerprint density at radius 2 is 1.90 bits per heavy atom. The van der Waals surface area contributed by atoms with Gasteiger partial charge in [-0.25, -0.2) is 22.0 Å². The second kappa shape index (κ2) is 6.17. The SMILES string of the molecule is CCOC(=O)c1ccc(F)c(F)c1N(CC)S(C)(=O)=O. The van der Waals surface area contributed by atoms with E-state index in [0.717, 1.165) is 18.4 Å². The van der Waals surface area contributed by atoms with Crippen LogP contribution in [0.2, 0.25) is 0 Å². The summed E-state index contributed by atoms with van der Waals surface area (Å²) in [7, 11) is -3.86. The fourth-order valence-electron chi connectivity index (χ4n) is 1.72. The van der Waals surface area contributed by atoms with Crippen LogP contribution in [0.25, 0.3) is 0 Å². The third-order valence-electron chi connectivity index (χ3n) is 2.50. The number of anilines is 1. The molecule has 0 bridgehead atoms. The van der Waals surface area contributed by atoms with Crippen LogP contribution in [0.15, 0.2) is 12.1 Å². The molecule has 0 saturated carbocycles. The fraction of sp³-hybridized carbons (Fsp3) is 0.417. The summed E-state index contributed by atoms with van der Waals surface area (Å²) in [6, 6.07) is 1.75. The van der Waals surface area contributed by atoms with Gasteiger partial charge in [0.1, 0.15) is 5.69 Å². The van der Waals surface area contributed by atoms with Crippen molar-refractivity contribution in [2.75, 3.05) is 23.7 Å². The minimum Gasteiger partial charge on any atom is -0.462 e. The third-order valence-corrected chi connectivity index (χ3v) is 3.74. The summed E-state index contributed by atoms with van der Waals surface area (Å²) in [6.07, 6.45) is 0.843. The van der Waals surface area contributed by atoms with Crippen LogP contribution < -0.4 is 4.31 Å². The fourth-order valence-corrected chi connectivity index (χ4v) is 2.69. The molecule has 0 fully saturated rings. The number of carbonyl (C=O) groups excluding carboxylic acids is 1. The number of nitrogens with zero attached hydrogens (tertiary/aromatic N) is 1. The van der Waals surface area contributed by atoms with Gasteiger partial charge in [-0.15, -0.1) is 0 Å². The van der Waals surface area contributed by atoms with Crippen molar-refractivity contribution in [2.24, 2.45) is 0 Å². The number of benzene rings is 1. The lowest BCUT2D eigenvalue weighted by atomic mass is 10.1. The minimum atomic E-state index is -3.86. The Bertz CT molecular complexity index is 616. The zero-order valence-electron chi connectivity index (χ0n) is 11.3. The lowest BCUT2D eigenvalue weighted by Gasteiger charge is -2.23. The summed E-state index contributed by atoms with van der Waals surface area (Å²) < 4.78 is 55.9. The van der Waals surface area contributed by atoms with Gasteiger partial charge in [0.25, 0.3) is 0 Å². The Kier molecular flexibility index (Phi) is 5.04. The van der Waals surface area contributed by atoms with Crippen LogP contribution in [0.5, 0.6) is 0 Å². The maximum atomic E-state index is 13.9. The van der Waals surface area contributed by atoms with Crippen LogP contribution in [0, 0.1) is 11.6 Å². The Morgan fingerprint density at radius 1 is 1.30 bits per heavy atom. The average Bonchev–Trinajstić information content (AvgIpc) is 2.34. The predicted molar refractivity (Wildman–Crippen MR) is 70.2 cm³/mol. The molecule has 0 aliphatic carbocycles. The van der Waals surface area contributed by atoms with Gasteiger partial charge in [0.15, 0.2) is 11.6 Å². The molecule has 8 heteroatoms. The molecular weight excluding hydrogens is 292 g/mol. The van der Waals surface area contributed by atoms with E-state index < -0.39 is 33.3 Å². The molecule has 0 aliphatic rings. The van der Waals surface area contributed by atoms with Gasteiger partial charge < -0.3 is 4.74 Å². The van der Waals surface area contributed by atoms with Crippen molar-refractivity contribution in [3.8, 4) is 0 Å². The first-order chi connectivity index (χ1) is 9.23. The van der Waals surface area contributed by atoms with E-state index in [1.165, 1.54) is 6.92 Å². The van der Waals surface area contributed by atoms with Crippen LogP contribution >= 0.6 is 0 Å². The topological polar surface area (TPSA) is 63.7 Å². The number of rotatable bonds is 5. The molecular formula is C12H15F2NO4S. The van der Waals surface area contributed by atoms with Crippen molar-refractivity contribution < 1.29 is 26.7 Å². The van der Waals surface area contributed by atoms with E-state index in [2.05, 4.69) is 0 Å². The summed E-state index contributed by atoms with van der Waals surface area (Å²) in [5, 5.41) is 0. The highest BCUT2D eigenvalue weighted by molar-refractivity contribution is 7.92. The van der Waals surface area contributed by atoms with E-state index >= 15 is 0 Å². The van der Waals surface area contributed by atoms with E-state index in [0.29, 0.717) is 4.31 Å². The number of esters is 1. The van der Waals surface area contributed by atoms with Crippen LogP contribution in [0.3, 0.4) is 0 Å². The standard InChI is InChI=1S/C12H15F2NO4S/c1-4-15(20(3,17)18)11-8(12(16)19-5-2)6-7-9(13)10(11)14/h6-7H,4-5H2,1-3H3. The first-order valence-corrected chi connectivity index (χ1v) is 7.71. The van der Waals surface area contributed by atoms with E-state index in [1.807, 2.05) is 0 Å². The predicted octanol–water partition coefficient (Wildman–Crippen LogP) is 1.93. The highest BCUT2D eigenvalue weighted by atomic mass is 32.2. The summed E-state index contributed by atoms with van der Waals surface area (Å²) in [5.41, 5.74) is -0.966. The summed E-state index contributed by atoms with van der Waals surface area (Å²) in [6.45, 7) is 2.87. The quantitative estimate of drug-likeness (QED) is 0.780. The lowest BCUT2D eigenvalue weighted by Crippen LogP contribution is -2.32. The van der Waals surface area contributed by atoms with Gasteiger partial charge in [-0.1, -0.05) is 0 Å². The van der Waals surface area contributed by atoms with E-state index in [-0.39, 0.29) is 18.7 Å². The van der Waals surface area contributed by atoms with Crippen LogP contribution in [0.1, 0.15) is 24.2 Å². The molecule has 0 aromatic heterocycles. The zero-order valence-corrected chi connectivity index (χ0v) is 12.1. The molecule has 1 aromatic rings. The summed E-state index contributed by atoms with van der Waals surface area (Å²) in [5.74, 6) is -3.55. The second-order valence-corrected chi connectivity index (χ2v) is 5.81. The lowest BCUT2D eigenvalue weighted by molar-refractivity contribution is 0.0526. The monoisotopic (exact) mass is 307 g/mol. The van der Waals surface area contributed by atoms with E-state index in [1.54, 1.807) is 6.92 Å². The molecule has 0 N–H and O–H groups in total. The smallest absolute Gasteiger partial charge is 0.340 e. The molecule has 0 spiro atoms. The molecule has 0 atom stereocenters. The highest BCUT2D eigenvalue weighted by Crippen LogP contribution is 2.29. The molecule has 20 heavy (non-hydrogen) atoms. The van der Waals surface area contributed by atoms with Crippen LogP contribution in [-0.4, -0.2) is 33.8 Å². The number of halogens is 2. The van der Waals surface area contributed by atoms with Crippen molar-refractivity contribution >= 4 is 21.7 Å². The minimum absolute atomic E-state index is 0.0300. The van der Waals surface area contributed by atoms with Crippen LogP contribution in [-0.2, 0) is 14.8 Å². The summed E-state index contributed by atoms with van der Waals surface area (Å²) >= 11 is 0. The highest BCUT2D eigenvalue weighted by Gasteiger charge is 2.28. The largest absolute Gasteiger partial charge is 0.462 e. The molecule has 1 rings (SSSR count). The van der Waals surface area contributed by atoms with Gasteiger partial charge in [-0.05, 0) is 26.0 Å². The number of carbonyl (C=O) groups is 1. The second-order valence-electron chi connectivity index (χ2n) is 3.91. The van der Waals surface area contributed by atoms with Gasteiger partial charge in [0, 0.05) is 6.54 Å². The molecule has 0 heterocycles. The molecule has 1 aromatic carbocycles. The number of sulfonamides is 1. The Morgan fingerprint density at radius 3 is 2.35 bits per heavy atom. The molecule has 0 amide bonds. The molecule has 5 nitrogen and oxygen atoms in total. The molecule has 0 aliphatic heterocycles. The van der Waals surface area contributed by atoms with Crippen molar-refractivity contribution in [2.45, 2.75) is 13.8 Å². The molecule has 112 valence electrons. The van der Waals surface area contributed by atoms with E-state index in [4.69, 9.17) is 4.74 Å². The first-order valence-electron chi connectivity index (χ1n) is 5.86. The Balaban J connectivity index is 3.56. The van der Waals surface area contributed by atoms with Crippen molar-refractivity contribution in [3.05, 3.63) is 29.3 Å². The van der Waals surface area contributed by atoms with Gasteiger partial charge in [0.2, 0.25) is 10.0 Å². The summed E-state index contributed by atoms with van der Waals surface area (Å²) in [4.78, 5) is 11.7. The maximum absolute atomic E-state index is 13.9. The Labute approximate surface area is 116 Å². The Hall–Kier alpha value is -1.70.